The number of hydrogen-bond acceptors (Lipinski definition) is 6. The number of carboxylic acids is 1. The van der Waals surface area contributed by atoms with E-state index in [4.69, 9.17) is 5.11 Å². The van der Waals surface area contributed by atoms with Crippen molar-refractivity contribution in [3.63, 3.8) is 0 Å². The predicted octanol–water partition coefficient (Wildman–Crippen LogP) is 1.21. The molecule has 2 aromatic heterocycles. The normalized spacial score (nSPS) is 10.6. The summed E-state index contributed by atoms with van der Waals surface area (Å²) < 4.78 is 2.35. The van der Waals surface area contributed by atoms with E-state index in [0.717, 1.165) is 9.77 Å². The van der Waals surface area contributed by atoms with Crippen molar-refractivity contribution in [1.29, 1.82) is 0 Å². The summed E-state index contributed by atoms with van der Waals surface area (Å²) in [5.74, 6) is -0.470. The molecule has 2 rings (SSSR count). The molecule has 0 bridgehead atoms. The number of thioether (sulfide) groups is 1. The Morgan fingerprint density at radius 1 is 1.69 bits per heavy atom. The van der Waals surface area contributed by atoms with E-state index in [-0.39, 0.29) is 6.54 Å². The largest absolute Gasteiger partial charge is 0.480 e. The van der Waals surface area contributed by atoms with Gasteiger partial charge in [0.05, 0.1) is 4.21 Å². The fourth-order valence-electron chi connectivity index (χ4n) is 1.25. The number of carboxylic acid groups (broad SMARTS) is 1. The Morgan fingerprint density at radius 3 is 3.19 bits per heavy atom. The first-order valence-electron chi connectivity index (χ1n) is 4.32. The molecule has 0 radical (unpaired) electrons. The first kappa shape index (κ1) is 11.1. The molecule has 0 saturated carbocycles. The van der Waals surface area contributed by atoms with Gasteiger partial charge in [0.2, 0.25) is 0 Å². The van der Waals surface area contributed by atoms with E-state index in [0.29, 0.717) is 5.82 Å². The molecule has 8 heteroatoms. The molecule has 0 aromatic carbocycles. The maximum Gasteiger partial charge on any atom is 0.325 e. The van der Waals surface area contributed by atoms with Gasteiger partial charge in [0.25, 0.3) is 0 Å². The van der Waals surface area contributed by atoms with E-state index in [1.165, 1.54) is 4.68 Å². The van der Waals surface area contributed by atoms with Crippen molar-refractivity contribution in [3.8, 4) is 11.4 Å². The molecular weight excluding hydrogens is 248 g/mol. The Kier molecular flexibility index (Phi) is 3.20. The summed E-state index contributed by atoms with van der Waals surface area (Å²) >= 11 is 3.17. The van der Waals surface area contributed by atoms with Crippen LogP contribution in [0.4, 0.5) is 0 Å². The molecule has 0 unspecified atom stereocenters. The number of aromatic nitrogens is 4. The van der Waals surface area contributed by atoms with Gasteiger partial charge in [-0.2, -0.15) is 0 Å². The molecule has 0 spiro atoms. The van der Waals surface area contributed by atoms with Crippen LogP contribution in [0, 0.1) is 0 Å². The highest BCUT2D eigenvalue weighted by Crippen LogP contribution is 2.33. The number of thiophene rings is 1. The van der Waals surface area contributed by atoms with E-state index >= 15 is 0 Å². The van der Waals surface area contributed by atoms with Crippen LogP contribution in [-0.2, 0) is 11.3 Å². The van der Waals surface area contributed by atoms with Crippen LogP contribution >= 0.6 is 23.1 Å². The fraction of sp³-hybridized carbons (Fsp3) is 0.250. The van der Waals surface area contributed by atoms with Crippen molar-refractivity contribution in [1.82, 2.24) is 20.2 Å². The molecule has 16 heavy (non-hydrogen) atoms. The highest BCUT2D eigenvalue weighted by Gasteiger charge is 2.15. The van der Waals surface area contributed by atoms with E-state index in [1.807, 2.05) is 17.7 Å². The molecule has 0 aliphatic carbocycles. The second-order valence-electron chi connectivity index (χ2n) is 2.88. The van der Waals surface area contributed by atoms with E-state index < -0.39 is 5.97 Å². The lowest BCUT2D eigenvalue weighted by atomic mass is 10.3. The Labute approximate surface area is 99.3 Å². The number of nitrogens with zero attached hydrogens (tertiary/aromatic N) is 4. The zero-order valence-electron chi connectivity index (χ0n) is 8.32. The summed E-state index contributed by atoms with van der Waals surface area (Å²) in [5, 5.41) is 21.7. The average Bonchev–Trinajstić information content (AvgIpc) is 2.83. The maximum atomic E-state index is 10.6. The van der Waals surface area contributed by atoms with Crippen LogP contribution in [-0.4, -0.2) is 37.5 Å². The highest BCUT2D eigenvalue weighted by molar-refractivity contribution is 8.00. The van der Waals surface area contributed by atoms with Gasteiger partial charge in [-0.1, -0.05) is 0 Å². The van der Waals surface area contributed by atoms with Crippen molar-refractivity contribution >= 4 is 29.1 Å². The molecule has 0 aliphatic heterocycles. The van der Waals surface area contributed by atoms with Crippen LogP contribution in [0.2, 0.25) is 0 Å². The van der Waals surface area contributed by atoms with Crippen LogP contribution in [0.1, 0.15) is 0 Å². The second-order valence-corrected chi connectivity index (χ2v) is 4.87. The van der Waals surface area contributed by atoms with Crippen LogP contribution in [0.25, 0.3) is 11.4 Å². The summed E-state index contributed by atoms with van der Waals surface area (Å²) in [6.07, 6.45) is 1.96. The minimum Gasteiger partial charge on any atom is -0.480 e. The standard InChI is InChI=1S/C8H8N4O2S2/c1-15-8-5(2-3-16-8)7-9-10-11-12(7)4-6(13)14/h2-3H,4H2,1H3,(H,13,14). The van der Waals surface area contributed by atoms with Crippen LogP contribution < -0.4 is 0 Å². The first-order chi connectivity index (χ1) is 7.72. The molecule has 0 fully saturated rings. The summed E-state index contributed by atoms with van der Waals surface area (Å²) in [6.45, 7) is -0.230. The first-order valence-corrected chi connectivity index (χ1v) is 6.42. The Bertz CT molecular complexity index is 508. The van der Waals surface area contributed by atoms with Gasteiger partial charge in [-0.05, 0) is 28.1 Å². The average molecular weight is 256 g/mol. The van der Waals surface area contributed by atoms with Gasteiger partial charge >= 0.3 is 5.97 Å². The lowest BCUT2D eigenvalue weighted by Gasteiger charge is -2.01. The SMILES string of the molecule is CSc1sccc1-c1nnnn1CC(=O)O. The van der Waals surface area contributed by atoms with Gasteiger partial charge in [0.15, 0.2) is 5.82 Å². The van der Waals surface area contributed by atoms with E-state index in [1.54, 1.807) is 23.1 Å². The third-order valence-corrected chi connectivity index (χ3v) is 3.96. The third-order valence-electron chi connectivity index (χ3n) is 1.87. The fourth-order valence-corrected chi connectivity index (χ4v) is 2.80. The van der Waals surface area contributed by atoms with E-state index in [2.05, 4.69) is 15.5 Å². The molecule has 6 nitrogen and oxygen atoms in total. The minimum atomic E-state index is -0.963. The third kappa shape index (κ3) is 2.07. The van der Waals surface area contributed by atoms with Crippen LogP contribution in [0.5, 0.6) is 0 Å². The summed E-state index contributed by atoms with van der Waals surface area (Å²) in [4.78, 5) is 10.6. The van der Waals surface area contributed by atoms with Crippen molar-refractivity contribution in [2.45, 2.75) is 10.8 Å². The molecule has 84 valence electrons. The zero-order valence-corrected chi connectivity index (χ0v) is 9.96. The maximum absolute atomic E-state index is 10.6. The summed E-state index contributed by atoms with van der Waals surface area (Å²) in [5.41, 5.74) is 0.878. The predicted molar refractivity (Wildman–Crippen MR) is 60.5 cm³/mol. The highest BCUT2D eigenvalue weighted by atomic mass is 32.2. The molecule has 0 amide bonds. The molecule has 0 aliphatic rings. The molecule has 1 N–H and O–H groups in total. The Hall–Kier alpha value is -1.41. The quantitative estimate of drug-likeness (QED) is 0.828. The second kappa shape index (κ2) is 4.62. The lowest BCUT2D eigenvalue weighted by molar-refractivity contribution is -0.137. The number of aliphatic carboxylic acids is 1. The Balaban J connectivity index is 2.40. The van der Waals surface area contributed by atoms with Gasteiger partial charge in [0.1, 0.15) is 6.54 Å². The summed E-state index contributed by atoms with van der Waals surface area (Å²) in [6, 6.07) is 1.89. The molecule has 0 atom stereocenters. The molecule has 2 heterocycles. The van der Waals surface area contributed by atoms with Crippen molar-refractivity contribution in [2.75, 3.05) is 6.26 Å². The van der Waals surface area contributed by atoms with Crippen molar-refractivity contribution < 1.29 is 9.90 Å². The Morgan fingerprint density at radius 2 is 2.50 bits per heavy atom. The molecule has 2 aromatic rings. The van der Waals surface area contributed by atoms with Crippen molar-refractivity contribution in [2.24, 2.45) is 0 Å². The number of carbonyl (C=O) groups is 1. The van der Waals surface area contributed by atoms with Gasteiger partial charge < -0.3 is 5.11 Å². The van der Waals surface area contributed by atoms with Gasteiger partial charge in [-0.25, -0.2) is 4.68 Å². The smallest absolute Gasteiger partial charge is 0.325 e. The van der Waals surface area contributed by atoms with Gasteiger partial charge in [-0.3, -0.25) is 4.79 Å². The van der Waals surface area contributed by atoms with Gasteiger partial charge in [0, 0.05) is 5.56 Å². The summed E-state index contributed by atoms with van der Waals surface area (Å²) in [7, 11) is 0. The minimum absolute atomic E-state index is 0.230. The zero-order chi connectivity index (χ0) is 11.5. The van der Waals surface area contributed by atoms with Crippen molar-refractivity contribution in [3.05, 3.63) is 11.4 Å². The van der Waals surface area contributed by atoms with E-state index in [9.17, 15) is 4.79 Å². The number of tetrazole rings is 1. The topological polar surface area (TPSA) is 80.9 Å². The lowest BCUT2D eigenvalue weighted by Crippen LogP contribution is -2.11. The van der Waals surface area contributed by atoms with Gasteiger partial charge in [-0.15, -0.1) is 28.2 Å². The van der Waals surface area contributed by atoms with Crippen LogP contribution in [0.3, 0.4) is 0 Å². The monoisotopic (exact) mass is 256 g/mol. The van der Waals surface area contributed by atoms with Crippen LogP contribution in [0.15, 0.2) is 15.7 Å². The molecule has 0 saturated heterocycles. The number of hydrogen-bond donors (Lipinski definition) is 1. The number of rotatable bonds is 4. The molecular formula is C8H8N4O2S2.